The van der Waals surface area contributed by atoms with Crippen LogP contribution < -0.4 is 0 Å². The van der Waals surface area contributed by atoms with E-state index >= 15 is 0 Å². The number of hydrogen-bond donors (Lipinski definition) is 0. The summed E-state index contributed by atoms with van der Waals surface area (Å²) in [5, 5.41) is -0.191. The van der Waals surface area contributed by atoms with Crippen LogP contribution in [0, 0.1) is 0 Å². The Kier molecular flexibility index (Phi) is 4.79. The molecule has 0 aliphatic heterocycles. The molecule has 0 aliphatic carbocycles. The van der Waals surface area contributed by atoms with E-state index in [9.17, 15) is 26.4 Å². The largest absolute Gasteiger partial charge is 0.513 e. The predicted molar refractivity (Wildman–Crippen MR) is 47.1 cm³/mol. The van der Waals surface area contributed by atoms with Gasteiger partial charge in [-0.15, -0.1) is 0 Å². The molecule has 0 atom stereocenters. The number of ether oxygens (including phenoxy) is 2. The molecule has 0 fully saturated rings. The van der Waals surface area contributed by atoms with Gasteiger partial charge in [0.15, 0.2) is 9.84 Å². The van der Waals surface area contributed by atoms with Crippen LogP contribution in [-0.4, -0.2) is 33.6 Å². The molecule has 0 aromatic heterocycles. The molecule has 16 heavy (non-hydrogen) atoms. The van der Waals surface area contributed by atoms with Crippen LogP contribution in [0.1, 0.15) is 6.92 Å². The van der Waals surface area contributed by atoms with Gasteiger partial charge in [-0.3, -0.25) is 0 Å². The number of halogens is 3. The molecule has 0 radical (unpaired) electrons. The van der Waals surface area contributed by atoms with Crippen molar-refractivity contribution in [2.45, 2.75) is 13.1 Å². The lowest BCUT2D eigenvalue weighted by molar-refractivity contribution is -0.125. The van der Waals surface area contributed by atoms with Gasteiger partial charge in [0.25, 0.3) is 0 Å². The molecule has 0 aromatic rings. The molecule has 0 spiro atoms. The van der Waals surface area contributed by atoms with Crippen LogP contribution in [0.4, 0.5) is 18.0 Å². The van der Waals surface area contributed by atoms with E-state index in [1.807, 2.05) is 0 Å². The summed E-state index contributed by atoms with van der Waals surface area (Å²) in [7, 11) is -4.08. The van der Waals surface area contributed by atoms with Crippen molar-refractivity contribution in [2.75, 3.05) is 12.9 Å². The second-order valence-electron chi connectivity index (χ2n) is 2.59. The highest BCUT2D eigenvalue weighted by Gasteiger charge is 2.39. The van der Waals surface area contributed by atoms with E-state index in [-0.39, 0.29) is 12.0 Å². The first-order valence-corrected chi connectivity index (χ1v) is 5.85. The van der Waals surface area contributed by atoms with Crippen molar-refractivity contribution in [2.24, 2.45) is 0 Å². The topological polar surface area (TPSA) is 69.7 Å². The molecule has 0 rings (SSSR count). The summed E-state index contributed by atoms with van der Waals surface area (Å²) in [4.78, 5) is 10.6. The molecule has 0 saturated carbocycles. The second kappa shape index (κ2) is 5.19. The zero-order chi connectivity index (χ0) is 13.0. The fraction of sp³-hybridized carbons (Fsp3) is 0.571. The standard InChI is InChI=1S/C7H9F3O5S/c1-3-14-6(11)15-5(7(8,9)10)4-16(2,12)13/h4H,3H2,1-2H3. The summed E-state index contributed by atoms with van der Waals surface area (Å²) < 4.78 is 65.6. The molecule has 0 N–H and O–H groups in total. The van der Waals surface area contributed by atoms with Crippen molar-refractivity contribution in [3.05, 3.63) is 11.2 Å². The van der Waals surface area contributed by atoms with Crippen molar-refractivity contribution >= 4 is 16.0 Å². The minimum atomic E-state index is -5.09. The number of rotatable bonds is 3. The summed E-state index contributed by atoms with van der Waals surface area (Å²) in [6, 6.07) is 0. The van der Waals surface area contributed by atoms with E-state index in [4.69, 9.17) is 0 Å². The van der Waals surface area contributed by atoms with E-state index < -0.39 is 27.9 Å². The molecule has 5 nitrogen and oxygen atoms in total. The third-order valence-electron chi connectivity index (χ3n) is 1.06. The molecule has 9 heteroatoms. The number of hydrogen-bond acceptors (Lipinski definition) is 5. The number of sulfone groups is 1. The minimum Gasteiger partial charge on any atom is -0.434 e. The molecule has 94 valence electrons. The van der Waals surface area contributed by atoms with Gasteiger partial charge in [0.1, 0.15) is 0 Å². The first-order valence-electron chi connectivity index (χ1n) is 3.90. The minimum absolute atomic E-state index is 0.191. The molecule has 0 unspecified atom stereocenters. The smallest absolute Gasteiger partial charge is 0.434 e. The van der Waals surface area contributed by atoms with E-state index in [0.29, 0.717) is 6.26 Å². The Morgan fingerprint density at radius 3 is 2.19 bits per heavy atom. The van der Waals surface area contributed by atoms with Crippen LogP contribution in [0.3, 0.4) is 0 Å². The van der Waals surface area contributed by atoms with Gasteiger partial charge >= 0.3 is 12.3 Å². The maximum absolute atomic E-state index is 12.2. The number of allylic oxidation sites excluding steroid dienone is 1. The Hall–Kier alpha value is -1.25. The molecule has 0 saturated heterocycles. The van der Waals surface area contributed by atoms with Crippen LogP contribution in [0.2, 0.25) is 0 Å². The lowest BCUT2D eigenvalue weighted by atomic mass is 10.5. The molecular formula is C7H9F3O5S. The third-order valence-corrected chi connectivity index (χ3v) is 1.70. The number of alkyl halides is 3. The van der Waals surface area contributed by atoms with Gasteiger partial charge < -0.3 is 9.47 Å². The van der Waals surface area contributed by atoms with E-state index in [1.165, 1.54) is 6.92 Å². The first-order chi connectivity index (χ1) is 7.06. The summed E-state index contributed by atoms with van der Waals surface area (Å²) in [5.41, 5.74) is 0. The van der Waals surface area contributed by atoms with Crippen LogP contribution >= 0.6 is 0 Å². The van der Waals surface area contributed by atoms with Crippen molar-refractivity contribution in [3.63, 3.8) is 0 Å². The van der Waals surface area contributed by atoms with Gasteiger partial charge in [-0.05, 0) is 6.92 Å². The lowest BCUT2D eigenvalue weighted by Gasteiger charge is -2.10. The Morgan fingerprint density at radius 1 is 1.38 bits per heavy atom. The molecular weight excluding hydrogens is 253 g/mol. The fourth-order valence-corrected chi connectivity index (χ4v) is 1.15. The Balaban J connectivity index is 5.01. The summed E-state index contributed by atoms with van der Waals surface area (Å²) in [6.45, 7) is 1.16. The fourth-order valence-electron chi connectivity index (χ4n) is 0.580. The maximum atomic E-state index is 12.2. The Labute approximate surface area is 89.7 Å². The zero-order valence-corrected chi connectivity index (χ0v) is 9.18. The average Bonchev–Trinajstić information content (AvgIpc) is 1.98. The second-order valence-corrected chi connectivity index (χ2v) is 4.49. The van der Waals surface area contributed by atoms with E-state index in [2.05, 4.69) is 9.47 Å². The average molecular weight is 262 g/mol. The van der Waals surface area contributed by atoms with Gasteiger partial charge in [0, 0.05) is 6.26 Å². The Morgan fingerprint density at radius 2 is 1.88 bits per heavy atom. The number of carbonyl (C=O) groups is 1. The lowest BCUT2D eigenvalue weighted by Crippen LogP contribution is -2.20. The summed E-state index contributed by atoms with van der Waals surface area (Å²) in [5.74, 6) is -1.94. The highest BCUT2D eigenvalue weighted by atomic mass is 32.2. The summed E-state index contributed by atoms with van der Waals surface area (Å²) in [6.07, 6.45) is -6.17. The van der Waals surface area contributed by atoms with E-state index in [1.54, 1.807) is 0 Å². The van der Waals surface area contributed by atoms with Crippen molar-refractivity contribution < 1.29 is 35.9 Å². The summed E-state index contributed by atoms with van der Waals surface area (Å²) >= 11 is 0. The molecule has 0 amide bonds. The van der Waals surface area contributed by atoms with Gasteiger partial charge in [0.2, 0.25) is 5.76 Å². The molecule has 0 aromatic carbocycles. The first kappa shape index (κ1) is 14.8. The Bertz CT molecular complexity index is 381. The third kappa shape index (κ3) is 6.27. The predicted octanol–water partition coefficient (Wildman–Crippen LogP) is 1.61. The van der Waals surface area contributed by atoms with Crippen LogP contribution in [-0.2, 0) is 19.3 Å². The van der Waals surface area contributed by atoms with Crippen LogP contribution in [0.15, 0.2) is 11.2 Å². The van der Waals surface area contributed by atoms with E-state index in [0.717, 1.165) is 0 Å². The maximum Gasteiger partial charge on any atom is 0.513 e. The monoisotopic (exact) mass is 262 g/mol. The van der Waals surface area contributed by atoms with Gasteiger partial charge in [-0.1, -0.05) is 0 Å². The van der Waals surface area contributed by atoms with Gasteiger partial charge in [-0.25, -0.2) is 13.2 Å². The van der Waals surface area contributed by atoms with Crippen LogP contribution in [0.25, 0.3) is 0 Å². The highest BCUT2D eigenvalue weighted by Crippen LogP contribution is 2.27. The highest BCUT2D eigenvalue weighted by molar-refractivity contribution is 7.93. The number of carbonyl (C=O) groups excluding carboxylic acids is 1. The van der Waals surface area contributed by atoms with Crippen molar-refractivity contribution in [1.29, 1.82) is 0 Å². The zero-order valence-electron chi connectivity index (χ0n) is 8.37. The van der Waals surface area contributed by atoms with Crippen molar-refractivity contribution in [1.82, 2.24) is 0 Å². The SMILES string of the molecule is CCOC(=O)OC(=CS(C)(=O)=O)C(F)(F)F. The molecule has 0 heterocycles. The molecule has 0 aliphatic rings. The molecule has 0 bridgehead atoms. The van der Waals surface area contributed by atoms with Crippen LogP contribution in [0.5, 0.6) is 0 Å². The van der Waals surface area contributed by atoms with Crippen molar-refractivity contribution in [3.8, 4) is 0 Å². The quantitative estimate of drug-likeness (QED) is 0.570. The van der Waals surface area contributed by atoms with Gasteiger partial charge in [0.05, 0.1) is 12.0 Å². The van der Waals surface area contributed by atoms with Gasteiger partial charge in [-0.2, -0.15) is 13.2 Å². The normalized spacial score (nSPS) is 13.4.